The Morgan fingerprint density at radius 2 is 2.10 bits per heavy atom. The average molecular weight is 293 g/mol. The van der Waals surface area contributed by atoms with Crippen LogP contribution in [-0.2, 0) is 14.2 Å². The topological polar surface area (TPSA) is 51.5 Å². The Kier molecular flexibility index (Phi) is 6.12. The highest BCUT2D eigenvalue weighted by Crippen LogP contribution is 2.26. The molecule has 1 aromatic carbocycles. The van der Waals surface area contributed by atoms with E-state index < -0.39 is 12.1 Å². The molecule has 1 aromatic rings. The molecule has 0 amide bonds. The molecule has 0 spiro atoms. The molecular weight excluding hydrogens is 273 g/mol. The van der Waals surface area contributed by atoms with Crippen LogP contribution in [0, 0.1) is 17.1 Å². The van der Waals surface area contributed by atoms with Gasteiger partial charge >= 0.3 is 0 Å². The molecule has 1 fully saturated rings. The number of unbranched alkanes of at least 4 members (excludes halogenated alkanes) is 2. The first-order valence-electron chi connectivity index (χ1n) is 7.29. The van der Waals surface area contributed by atoms with Crippen LogP contribution in [0.5, 0.6) is 0 Å². The van der Waals surface area contributed by atoms with Gasteiger partial charge in [0.15, 0.2) is 6.29 Å². The Morgan fingerprint density at radius 1 is 1.33 bits per heavy atom. The second-order valence-electron chi connectivity index (χ2n) is 5.05. The molecule has 1 aliphatic rings. The highest BCUT2D eigenvalue weighted by molar-refractivity contribution is 5.33. The normalized spacial score (nSPS) is 22.0. The van der Waals surface area contributed by atoms with E-state index in [-0.39, 0.29) is 11.7 Å². The fourth-order valence-electron chi connectivity index (χ4n) is 2.15. The van der Waals surface area contributed by atoms with Crippen LogP contribution in [0.3, 0.4) is 0 Å². The summed E-state index contributed by atoms with van der Waals surface area (Å²) in [6.45, 7) is 3.61. The van der Waals surface area contributed by atoms with Crippen LogP contribution in [0.1, 0.15) is 43.6 Å². The van der Waals surface area contributed by atoms with Crippen molar-refractivity contribution in [1.29, 1.82) is 5.26 Å². The van der Waals surface area contributed by atoms with Gasteiger partial charge in [0.05, 0.1) is 24.8 Å². The lowest BCUT2D eigenvalue weighted by Crippen LogP contribution is -2.34. The number of hydrogen-bond donors (Lipinski definition) is 0. The molecule has 1 saturated heterocycles. The average Bonchev–Trinajstić information content (AvgIpc) is 2.52. The van der Waals surface area contributed by atoms with E-state index in [2.05, 4.69) is 6.92 Å². The van der Waals surface area contributed by atoms with Crippen molar-refractivity contribution in [3.8, 4) is 6.07 Å². The summed E-state index contributed by atoms with van der Waals surface area (Å²) in [7, 11) is 0. The zero-order chi connectivity index (χ0) is 15.1. The number of halogens is 1. The van der Waals surface area contributed by atoms with Crippen LogP contribution in [-0.4, -0.2) is 25.9 Å². The van der Waals surface area contributed by atoms with Crippen LogP contribution < -0.4 is 0 Å². The number of hydrogen-bond acceptors (Lipinski definition) is 4. The maximum absolute atomic E-state index is 13.9. The third-order valence-electron chi connectivity index (χ3n) is 3.35. The van der Waals surface area contributed by atoms with Gasteiger partial charge in [-0.2, -0.15) is 5.26 Å². The molecule has 0 aromatic heterocycles. The van der Waals surface area contributed by atoms with E-state index in [0.717, 1.165) is 19.3 Å². The lowest BCUT2D eigenvalue weighted by atomic mass is 10.1. The molecule has 1 heterocycles. The summed E-state index contributed by atoms with van der Waals surface area (Å²) in [5.41, 5.74) is 0.600. The van der Waals surface area contributed by atoms with E-state index in [4.69, 9.17) is 19.5 Å². The first-order chi connectivity index (χ1) is 10.2. The highest BCUT2D eigenvalue weighted by Gasteiger charge is 2.26. The predicted octanol–water partition coefficient (Wildman–Crippen LogP) is 3.32. The number of benzene rings is 1. The Labute approximate surface area is 124 Å². The molecule has 114 valence electrons. The minimum Gasteiger partial charge on any atom is -0.373 e. The van der Waals surface area contributed by atoms with Gasteiger partial charge in [-0.15, -0.1) is 0 Å². The first kappa shape index (κ1) is 15.9. The van der Waals surface area contributed by atoms with Gasteiger partial charge in [0.25, 0.3) is 0 Å². The molecule has 0 atom stereocenters. The quantitative estimate of drug-likeness (QED) is 0.755. The lowest BCUT2D eigenvalue weighted by molar-refractivity contribution is -0.231. The molecule has 4 nitrogen and oxygen atoms in total. The third kappa shape index (κ3) is 4.50. The zero-order valence-electron chi connectivity index (χ0n) is 12.2. The summed E-state index contributed by atoms with van der Waals surface area (Å²) in [5, 5.41) is 8.72. The summed E-state index contributed by atoms with van der Waals surface area (Å²) < 4.78 is 30.5. The van der Waals surface area contributed by atoms with Gasteiger partial charge in [-0.3, -0.25) is 0 Å². The summed E-state index contributed by atoms with van der Waals surface area (Å²) >= 11 is 0. The van der Waals surface area contributed by atoms with Crippen molar-refractivity contribution in [2.24, 2.45) is 0 Å². The number of rotatable bonds is 6. The van der Waals surface area contributed by atoms with Crippen LogP contribution >= 0.6 is 0 Å². The lowest BCUT2D eigenvalue weighted by Gasteiger charge is -2.29. The van der Waals surface area contributed by atoms with Gasteiger partial charge < -0.3 is 14.2 Å². The van der Waals surface area contributed by atoms with E-state index in [1.54, 1.807) is 6.07 Å². The second-order valence-corrected chi connectivity index (χ2v) is 5.05. The van der Waals surface area contributed by atoms with Crippen molar-refractivity contribution in [1.82, 2.24) is 0 Å². The SMILES string of the molecule is CCCCCOC1COC(c2ccc(C#N)cc2F)OC1. The molecule has 5 heteroatoms. The third-order valence-corrected chi connectivity index (χ3v) is 3.35. The van der Waals surface area contributed by atoms with E-state index in [0.29, 0.717) is 25.4 Å². The summed E-state index contributed by atoms with van der Waals surface area (Å²) in [4.78, 5) is 0. The Hall–Kier alpha value is -1.48. The maximum Gasteiger partial charge on any atom is 0.186 e. The highest BCUT2D eigenvalue weighted by atomic mass is 19.1. The summed E-state index contributed by atoms with van der Waals surface area (Å²) in [6, 6.07) is 6.17. The summed E-state index contributed by atoms with van der Waals surface area (Å²) in [5.74, 6) is -0.485. The van der Waals surface area contributed by atoms with Crippen LogP contribution in [0.15, 0.2) is 18.2 Å². The molecule has 2 rings (SSSR count). The fourth-order valence-corrected chi connectivity index (χ4v) is 2.15. The molecule has 0 unspecified atom stereocenters. The van der Waals surface area contributed by atoms with Crippen LogP contribution in [0.4, 0.5) is 4.39 Å². The first-order valence-corrected chi connectivity index (χ1v) is 7.29. The van der Waals surface area contributed by atoms with Crippen LogP contribution in [0.2, 0.25) is 0 Å². The maximum atomic E-state index is 13.9. The molecule has 0 saturated carbocycles. The van der Waals surface area contributed by atoms with E-state index in [1.165, 1.54) is 12.1 Å². The van der Waals surface area contributed by atoms with Crippen molar-refractivity contribution < 1.29 is 18.6 Å². The Balaban J connectivity index is 1.82. The monoisotopic (exact) mass is 293 g/mol. The molecule has 0 bridgehead atoms. The van der Waals surface area contributed by atoms with Gasteiger partial charge in [-0.05, 0) is 24.6 Å². The molecule has 21 heavy (non-hydrogen) atoms. The number of ether oxygens (including phenoxy) is 3. The van der Waals surface area contributed by atoms with Gasteiger partial charge in [0.2, 0.25) is 0 Å². The molecule has 0 radical (unpaired) electrons. The van der Waals surface area contributed by atoms with E-state index in [1.807, 2.05) is 6.07 Å². The van der Waals surface area contributed by atoms with E-state index in [9.17, 15) is 4.39 Å². The minimum atomic E-state index is -0.728. The molecular formula is C16H20FNO3. The van der Waals surface area contributed by atoms with E-state index >= 15 is 0 Å². The Bertz CT molecular complexity index is 493. The molecule has 1 aliphatic heterocycles. The summed E-state index contributed by atoms with van der Waals surface area (Å²) in [6.07, 6.45) is 2.50. The second kappa shape index (κ2) is 8.08. The van der Waals surface area contributed by atoms with Crippen molar-refractivity contribution in [2.45, 2.75) is 38.6 Å². The largest absolute Gasteiger partial charge is 0.373 e. The zero-order valence-corrected chi connectivity index (χ0v) is 12.2. The van der Waals surface area contributed by atoms with Crippen molar-refractivity contribution in [3.63, 3.8) is 0 Å². The standard InChI is InChI=1S/C16H20FNO3/c1-2-3-4-7-19-13-10-20-16(21-11-13)14-6-5-12(9-18)8-15(14)17/h5-6,8,13,16H,2-4,7,10-11H2,1H3. The predicted molar refractivity (Wildman–Crippen MR) is 75.0 cm³/mol. The Morgan fingerprint density at radius 3 is 2.71 bits per heavy atom. The molecule has 0 aliphatic carbocycles. The van der Waals surface area contributed by atoms with Crippen molar-refractivity contribution >= 4 is 0 Å². The van der Waals surface area contributed by atoms with Crippen molar-refractivity contribution in [3.05, 3.63) is 35.1 Å². The fraction of sp³-hybridized carbons (Fsp3) is 0.562. The minimum absolute atomic E-state index is 0.0976. The molecule has 0 N–H and O–H groups in total. The number of nitriles is 1. The van der Waals surface area contributed by atoms with Gasteiger partial charge in [-0.1, -0.05) is 19.8 Å². The van der Waals surface area contributed by atoms with Gasteiger partial charge in [-0.25, -0.2) is 4.39 Å². The number of nitrogens with zero attached hydrogens (tertiary/aromatic N) is 1. The van der Waals surface area contributed by atoms with Crippen molar-refractivity contribution in [2.75, 3.05) is 19.8 Å². The van der Waals surface area contributed by atoms with Gasteiger partial charge in [0, 0.05) is 12.2 Å². The van der Waals surface area contributed by atoms with Crippen LogP contribution in [0.25, 0.3) is 0 Å². The van der Waals surface area contributed by atoms with Gasteiger partial charge in [0.1, 0.15) is 11.9 Å². The smallest absolute Gasteiger partial charge is 0.186 e.